The summed E-state index contributed by atoms with van der Waals surface area (Å²) in [6, 6.07) is 5.28. The quantitative estimate of drug-likeness (QED) is 0.774. The Morgan fingerprint density at radius 2 is 2.33 bits per heavy atom. The minimum atomic E-state index is -0.126. The highest BCUT2D eigenvalue weighted by Crippen LogP contribution is 2.21. The van der Waals surface area contributed by atoms with Crippen molar-refractivity contribution in [3.8, 4) is 5.75 Å². The van der Waals surface area contributed by atoms with Gasteiger partial charge in [0.2, 0.25) is 0 Å². The van der Waals surface area contributed by atoms with Crippen LogP contribution in [0.1, 0.15) is 16.8 Å². The fourth-order valence-electron chi connectivity index (χ4n) is 2.22. The van der Waals surface area contributed by atoms with Crippen LogP contribution >= 0.6 is 0 Å². The topological polar surface area (TPSA) is 67.6 Å². The van der Waals surface area contributed by atoms with Crippen LogP contribution in [0.4, 0.5) is 5.69 Å². The molecule has 0 aliphatic carbocycles. The number of nitrogens with two attached hydrogens (primary N) is 1. The highest BCUT2D eigenvalue weighted by atomic mass is 16.5. The molecule has 0 aromatic heterocycles. The van der Waals surface area contributed by atoms with Crippen LogP contribution in [-0.4, -0.2) is 44.1 Å². The highest BCUT2D eigenvalue weighted by molar-refractivity contribution is 5.98. The molecule has 0 bridgehead atoms. The molecule has 1 atom stereocenters. The largest absolute Gasteiger partial charge is 0.496 e. The Kier molecular flexibility index (Phi) is 3.72. The van der Waals surface area contributed by atoms with E-state index in [0.717, 1.165) is 19.5 Å². The summed E-state index contributed by atoms with van der Waals surface area (Å²) in [5.74, 6) is 0.424. The average Bonchev–Trinajstić information content (AvgIpc) is 2.74. The number of carbonyl (C=O) groups excluding carboxylic acids is 1. The van der Waals surface area contributed by atoms with Crippen LogP contribution in [0, 0.1) is 0 Å². The summed E-state index contributed by atoms with van der Waals surface area (Å²) >= 11 is 0. The molecule has 1 fully saturated rings. The van der Waals surface area contributed by atoms with Gasteiger partial charge in [-0.15, -0.1) is 0 Å². The second-order valence-corrected chi connectivity index (χ2v) is 4.68. The van der Waals surface area contributed by atoms with E-state index in [1.807, 2.05) is 7.05 Å². The van der Waals surface area contributed by atoms with E-state index in [1.165, 1.54) is 0 Å². The van der Waals surface area contributed by atoms with E-state index >= 15 is 0 Å². The highest BCUT2D eigenvalue weighted by Gasteiger charge is 2.22. The number of carbonyl (C=O) groups is 1. The van der Waals surface area contributed by atoms with Crippen molar-refractivity contribution in [3.05, 3.63) is 23.8 Å². The summed E-state index contributed by atoms with van der Waals surface area (Å²) in [7, 11) is 3.60. The minimum Gasteiger partial charge on any atom is -0.496 e. The van der Waals surface area contributed by atoms with E-state index in [9.17, 15) is 4.79 Å². The van der Waals surface area contributed by atoms with Gasteiger partial charge in [-0.3, -0.25) is 4.79 Å². The van der Waals surface area contributed by atoms with E-state index in [1.54, 1.807) is 25.3 Å². The van der Waals surface area contributed by atoms with E-state index in [4.69, 9.17) is 10.5 Å². The molecule has 98 valence electrons. The molecule has 0 radical (unpaired) electrons. The number of methoxy groups -OCH3 is 1. The van der Waals surface area contributed by atoms with Gasteiger partial charge in [0.1, 0.15) is 5.75 Å². The lowest BCUT2D eigenvalue weighted by molar-refractivity contribution is 0.0935. The van der Waals surface area contributed by atoms with E-state index in [-0.39, 0.29) is 11.9 Å². The summed E-state index contributed by atoms with van der Waals surface area (Å²) in [5, 5.41) is 3.01. The molecule has 1 aliphatic rings. The molecule has 1 amide bonds. The van der Waals surface area contributed by atoms with Crippen molar-refractivity contribution in [3.63, 3.8) is 0 Å². The number of nitrogens with one attached hydrogen (secondary N) is 1. The van der Waals surface area contributed by atoms with Crippen molar-refractivity contribution in [1.82, 2.24) is 10.2 Å². The monoisotopic (exact) mass is 249 g/mol. The standard InChI is InChI=1S/C13H19N3O2/c1-16-6-5-10(8-16)15-13(17)11-7-9(14)3-4-12(11)18-2/h3-4,7,10H,5-6,8,14H2,1-2H3,(H,15,17). The number of hydrogen-bond donors (Lipinski definition) is 2. The second kappa shape index (κ2) is 5.27. The zero-order valence-electron chi connectivity index (χ0n) is 10.8. The lowest BCUT2D eigenvalue weighted by Crippen LogP contribution is -2.36. The lowest BCUT2D eigenvalue weighted by Gasteiger charge is -2.14. The Labute approximate surface area is 107 Å². The predicted molar refractivity (Wildman–Crippen MR) is 70.8 cm³/mol. The summed E-state index contributed by atoms with van der Waals surface area (Å²) in [5.41, 5.74) is 6.76. The van der Waals surface area contributed by atoms with Crippen molar-refractivity contribution in [2.75, 3.05) is 33.0 Å². The molecule has 5 heteroatoms. The second-order valence-electron chi connectivity index (χ2n) is 4.68. The van der Waals surface area contributed by atoms with Gasteiger partial charge < -0.3 is 20.7 Å². The van der Waals surface area contributed by atoms with Gasteiger partial charge in [0.05, 0.1) is 12.7 Å². The van der Waals surface area contributed by atoms with Gasteiger partial charge >= 0.3 is 0 Å². The molecule has 5 nitrogen and oxygen atoms in total. The van der Waals surface area contributed by atoms with Crippen molar-refractivity contribution < 1.29 is 9.53 Å². The van der Waals surface area contributed by atoms with Gasteiger partial charge in [0.15, 0.2) is 0 Å². The van der Waals surface area contributed by atoms with Crippen molar-refractivity contribution in [2.24, 2.45) is 0 Å². The number of nitrogens with zero attached hydrogens (tertiary/aromatic N) is 1. The summed E-state index contributed by atoms with van der Waals surface area (Å²) < 4.78 is 5.18. The van der Waals surface area contributed by atoms with Crippen LogP contribution in [0.3, 0.4) is 0 Å². The zero-order chi connectivity index (χ0) is 13.1. The maximum atomic E-state index is 12.2. The smallest absolute Gasteiger partial charge is 0.255 e. The number of nitrogen functional groups attached to an aromatic ring is 1. The molecule has 1 aromatic carbocycles. The number of anilines is 1. The molecule has 1 saturated heterocycles. The molecule has 18 heavy (non-hydrogen) atoms. The Bertz CT molecular complexity index is 448. The van der Waals surface area contributed by atoms with Crippen molar-refractivity contribution >= 4 is 11.6 Å². The Morgan fingerprint density at radius 1 is 1.56 bits per heavy atom. The van der Waals surface area contributed by atoms with E-state index in [2.05, 4.69) is 10.2 Å². The van der Waals surface area contributed by atoms with Gasteiger partial charge in [-0.1, -0.05) is 0 Å². The molecule has 3 N–H and O–H groups in total. The van der Waals surface area contributed by atoms with Gasteiger partial charge in [-0.25, -0.2) is 0 Å². The molecular weight excluding hydrogens is 230 g/mol. The van der Waals surface area contributed by atoms with Gasteiger partial charge in [-0.2, -0.15) is 0 Å². The van der Waals surface area contributed by atoms with Crippen molar-refractivity contribution in [2.45, 2.75) is 12.5 Å². The van der Waals surface area contributed by atoms with Crippen LogP contribution in [-0.2, 0) is 0 Å². The number of amides is 1. The summed E-state index contributed by atoms with van der Waals surface area (Å²) in [6.07, 6.45) is 0.979. The van der Waals surface area contributed by atoms with Gasteiger partial charge in [-0.05, 0) is 38.2 Å². The zero-order valence-corrected chi connectivity index (χ0v) is 10.8. The predicted octanol–water partition coefficient (Wildman–Crippen LogP) is 0.711. The first-order chi connectivity index (χ1) is 8.60. The molecule has 1 heterocycles. The Hall–Kier alpha value is -1.75. The van der Waals surface area contributed by atoms with Crippen LogP contribution in [0.15, 0.2) is 18.2 Å². The molecule has 1 aliphatic heterocycles. The van der Waals surface area contributed by atoms with Crippen LogP contribution in [0.2, 0.25) is 0 Å². The third kappa shape index (κ3) is 2.73. The fourth-order valence-corrected chi connectivity index (χ4v) is 2.22. The third-order valence-corrected chi connectivity index (χ3v) is 3.19. The minimum absolute atomic E-state index is 0.126. The first-order valence-corrected chi connectivity index (χ1v) is 6.03. The molecule has 2 rings (SSSR count). The maximum Gasteiger partial charge on any atom is 0.255 e. The van der Waals surface area contributed by atoms with E-state index < -0.39 is 0 Å². The van der Waals surface area contributed by atoms with Crippen LogP contribution in [0.25, 0.3) is 0 Å². The Morgan fingerprint density at radius 3 is 2.94 bits per heavy atom. The average molecular weight is 249 g/mol. The fraction of sp³-hybridized carbons (Fsp3) is 0.462. The van der Waals surface area contributed by atoms with Gasteiger partial charge in [0.25, 0.3) is 5.91 Å². The normalized spacial score (nSPS) is 19.8. The van der Waals surface area contributed by atoms with Crippen LogP contribution < -0.4 is 15.8 Å². The molecule has 1 unspecified atom stereocenters. The Balaban J connectivity index is 2.10. The van der Waals surface area contributed by atoms with Crippen molar-refractivity contribution in [1.29, 1.82) is 0 Å². The molecule has 0 saturated carbocycles. The molecule has 1 aromatic rings. The molecular formula is C13H19N3O2. The first-order valence-electron chi connectivity index (χ1n) is 6.03. The number of rotatable bonds is 3. The van der Waals surface area contributed by atoms with Gasteiger partial charge in [0, 0.05) is 18.3 Å². The van der Waals surface area contributed by atoms with Crippen LogP contribution in [0.5, 0.6) is 5.75 Å². The lowest BCUT2D eigenvalue weighted by atomic mass is 10.1. The SMILES string of the molecule is COc1ccc(N)cc1C(=O)NC1CCN(C)C1. The number of hydrogen-bond acceptors (Lipinski definition) is 4. The maximum absolute atomic E-state index is 12.2. The third-order valence-electron chi connectivity index (χ3n) is 3.19. The summed E-state index contributed by atoms with van der Waals surface area (Å²) in [4.78, 5) is 14.4. The number of benzene rings is 1. The number of likely N-dealkylation sites (tertiary alicyclic amines) is 1. The number of ether oxygens (including phenoxy) is 1. The molecule has 0 spiro atoms. The first kappa shape index (κ1) is 12.7. The number of likely N-dealkylation sites (N-methyl/N-ethyl adjacent to an activating group) is 1. The summed E-state index contributed by atoms with van der Waals surface area (Å²) in [6.45, 7) is 1.90. The van der Waals surface area contributed by atoms with E-state index in [0.29, 0.717) is 17.0 Å².